The van der Waals surface area contributed by atoms with Crippen LogP contribution in [0.1, 0.15) is 25.5 Å². The minimum atomic E-state index is 0.882. The maximum Gasteiger partial charge on any atom is 0.0544 e. The van der Waals surface area contributed by atoms with Crippen LogP contribution >= 0.6 is 11.8 Å². The molecule has 1 rings (SSSR count). The van der Waals surface area contributed by atoms with E-state index in [4.69, 9.17) is 0 Å². The summed E-state index contributed by atoms with van der Waals surface area (Å²) in [6, 6.07) is 6.08. The number of thioether (sulfide) groups is 1. The van der Waals surface area contributed by atoms with Crippen LogP contribution in [0.2, 0.25) is 0 Å². The summed E-state index contributed by atoms with van der Waals surface area (Å²) in [5.74, 6) is 0. The molecular weight excluding hydrogens is 264 g/mol. The fourth-order valence-corrected chi connectivity index (χ4v) is 2.55. The Morgan fingerprint density at radius 3 is 2.85 bits per heavy atom. The molecule has 0 amide bonds. The summed E-state index contributed by atoms with van der Waals surface area (Å²) < 4.78 is 0. The number of nitrogens with zero attached hydrogens (tertiary/aromatic N) is 2. The van der Waals surface area contributed by atoms with Crippen LogP contribution in [0.15, 0.2) is 60.0 Å². The van der Waals surface area contributed by atoms with Crippen molar-refractivity contribution >= 4 is 11.8 Å². The van der Waals surface area contributed by atoms with E-state index in [1.54, 1.807) is 11.8 Å². The highest BCUT2D eigenvalue weighted by molar-refractivity contribution is 8.05. The van der Waals surface area contributed by atoms with Crippen molar-refractivity contribution in [3.63, 3.8) is 0 Å². The smallest absolute Gasteiger partial charge is 0.0544 e. The zero-order chi connectivity index (χ0) is 14.6. The van der Waals surface area contributed by atoms with Gasteiger partial charge in [-0.2, -0.15) is 0 Å². The molecule has 0 atom stereocenters. The fourth-order valence-electron chi connectivity index (χ4n) is 1.90. The van der Waals surface area contributed by atoms with Gasteiger partial charge in [-0.1, -0.05) is 44.7 Å². The van der Waals surface area contributed by atoms with E-state index in [2.05, 4.69) is 42.1 Å². The maximum absolute atomic E-state index is 4.42. The lowest BCUT2D eigenvalue weighted by molar-refractivity contribution is 0.284. The molecule has 0 aromatic carbocycles. The van der Waals surface area contributed by atoms with E-state index in [0.29, 0.717) is 0 Å². The van der Waals surface area contributed by atoms with E-state index < -0.39 is 0 Å². The van der Waals surface area contributed by atoms with Gasteiger partial charge < -0.3 is 0 Å². The van der Waals surface area contributed by atoms with Gasteiger partial charge in [-0.05, 0) is 30.5 Å². The van der Waals surface area contributed by atoms with Gasteiger partial charge in [-0.3, -0.25) is 9.88 Å². The van der Waals surface area contributed by atoms with Gasteiger partial charge in [0, 0.05) is 24.2 Å². The Labute approximate surface area is 127 Å². The van der Waals surface area contributed by atoms with Crippen LogP contribution in [0.25, 0.3) is 0 Å². The highest BCUT2D eigenvalue weighted by atomic mass is 32.2. The van der Waals surface area contributed by atoms with Crippen LogP contribution < -0.4 is 0 Å². The van der Waals surface area contributed by atoms with Crippen molar-refractivity contribution in [3.05, 3.63) is 65.7 Å². The van der Waals surface area contributed by atoms with Crippen LogP contribution in [0.3, 0.4) is 0 Å². The first-order valence-corrected chi connectivity index (χ1v) is 7.89. The average Bonchev–Trinajstić information content (AvgIpc) is 2.46. The fraction of sp³-hybridized carbons (Fsp3) is 0.353. The molecule has 3 heteroatoms. The Hall–Kier alpha value is -1.32. The summed E-state index contributed by atoms with van der Waals surface area (Å²) >= 11 is 1.66. The molecule has 0 saturated carbocycles. The molecule has 0 fully saturated rings. The molecule has 0 bridgehead atoms. The van der Waals surface area contributed by atoms with Gasteiger partial charge >= 0.3 is 0 Å². The first-order chi connectivity index (χ1) is 9.80. The van der Waals surface area contributed by atoms with Gasteiger partial charge in [0.25, 0.3) is 0 Å². The Kier molecular flexibility index (Phi) is 8.76. The SMILES string of the molecule is C=C/C=C(/CN(CCCC)Cc1ccccn1)SC=C. The molecule has 2 nitrogen and oxygen atoms in total. The van der Waals surface area contributed by atoms with Crippen LogP contribution in [0.5, 0.6) is 0 Å². The third-order valence-electron chi connectivity index (χ3n) is 2.86. The molecule has 0 N–H and O–H groups in total. The molecule has 1 aromatic rings. The van der Waals surface area contributed by atoms with Crippen LogP contribution in [0, 0.1) is 0 Å². The summed E-state index contributed by atoms with van der Waals surface area (Å²) in [6.07, 6.45) is 8.15. The Balaban J connectivity index is 2.69. The van der Waals surface area contributed by atoms with Crippen molar-refractivity contribution in [1.29, 1.82) is 0 Å². The number of aromatic nitrogens is 1. The molecule has 0 saturated heterocycles. The molecule has 0 radical (unpaired) electrons. The van der Waals surface area contributed by atoms with Crippen molar-refractivity contribution in [1.82, 2.24) is 9.88 Å². The molecule has 0 aliphatic carbocycles. The lowest BCUT2D eigenvalue weighted by Gasteiger charge is -2.22. The second kappa shape index (κ2) is 10.5. The van der Waals surface area contributed by atoms with Gasteiger partial charge in [0.2, 0.25) is 0 Å². The number of hydrogen-bond acceptors (Lipinski definition) is 3. The molecule has 20 heavy (non-hydrogen) atoms. The Bertz CT molecular complexity index is 426. The summed E-state index contributed by atoms with van der Waals surface area (Å²) in [5.41, 5.74) is 1.12. The predicted molar refractivity (Wildman–Crippen MR) is 90.5 cm³/mol. The maximum atomic E-state index is 4.42. The summed E-state index contributed by atoms with van der Waals surface area (Å²) in [4.78, 5) is 8.11. The lowest BCUT2D eigenvalue weighted by atomic mass is 10.2. The number of unbranched alkanes of at least 4 members (excludes halogenated alkanes) is 1. The molecule has 1 heterocycles. The van der Waals surface area contributed by atoms with Crippen molar-refractivity contribution < 1.29 is 0 Å². The van der Waals surface area contributed by atoms with Crippen molar-refractivity contribution in [2.75, 3.05) is 13.1 Å². The minimum Gasteiger partial charge on any atom is -0.293 e. The van der Waals surface area contributed by atoms with E-state index in [-0.39, 0.29) is 0 Å². The third-order valence-corrected chi connectivity index (χ3v) is 3.59. The Morgan fingerprint density at radius 2 is 2.25 bits per heavy atom. The van der Waals surface area contributed by atoms with Gasteiger partial charge in [0.15, 0.2) is 0 Å². The van der Waals surface area contributed by atoms with Crippen molar-refractivity contribution in [2.24, 2.45) is 0 Å². The van der Waals surface area contributed by atoms with E-state index in [1.165, 1.54) is 17.7 Å². The number of allylic oxidation sites excluding steroid dienone is 2. The van der Waals surface area contributed by atoms with Gasteiger partial charge in [0.05, 0.1) is 5.69 Å². The highest BCUT2D eigenvalue weighted by Gasteiger charge is 2.08. The first-order valence-electron chi connectivity index (χ1n) is 7.01. The van der Waals surface area contributed by atoms with Crippen LogP contribution in [-0.2, 0) is 6.54 Å². The number of rotatable bonds is 10. The van der Waals surface area contributed by atoms with Crippen LogP contribution in [0.4, 0.5) is 0 Å². The number of pyridine rings is 1. The molecule has 1 aromatic heterocycles. The average molecular weight is 288 g/mol. The summed E-state index contributed by atoms with van der Waals surface area (Å²) in [6.45, 7) is 12.7. The second-order valence-electron chi connectivity index (χ2n) is 4.54. The molecule has 0 aliphatic rings. The highest BCUT2D eigenvalue weighted by Crippen LogP contribution is 2.19. The normalized spacial score (nSPS) is 11.6. The zero-order valence-electron chi connectivity index (χ0n) is 12.3. The van der Waals surface area contributed by atoms with Crippen molar-refractivity contribution in [3.8, 4) is 0 Å². The summed E-state index contributed by atoms with van der Waals surface area (Å²) in [5, 5.41) is 1.87. The predicted octanol–water partition coefficient (Wildman–Crippen LogP) is 4.63. The molecule has 108 valence electrons. The van der Waals surface area contributed by atoms with Crippen molar-refractivity contribution in [2.45, 2.75) is 26.3 Å². The monoisotopic (exact) mass is 288 g/mol. The second-order valence-corrected chi connectivity index (χ2v) is 5.63. The van der Waals surface area contributed by atoms with E-state index >= 15 is 0 Å². The zero-order valence-corrected chi connectivity index (χ0v) is 13.1. The van der Waals surface area contributed by atoms with Gasteiger partial charge in [-0.15, -0.1) is 11.8 Å². The minimum absolute atomic E-state index is 0.882. The number of hydrogen-bond donors (Lipinski definition) is 0. The van der Waals surface area contributed by atoms with E-state index in [1.807, 2.05) is 29.8 Å². The molecule has 0 spiro atoms. The molecular formula is C17H24N2S. The quantitative estimate of drug-likeness (QED) is 0.584. The largest absolute Gasteiger partial charge is 0.293 e. The third kappa shape index (κ3) is 6.73. The topological polar surface area (TPSA) is 16.1 Å². The molecule has 0 unspecified atom stereocenters. The van der Waals surface area contributed by atoms with Crippen LogP contribution in [-0.4, -0.2) is 23.0 Å². The first kappa shape index (κ1) is 16.7. The summed E-state index contributed by atoms with van der Waals surface area (Å²) in [7, 11) is 0. The Morgan fingerprint density at radius 1 is 1.40 bits per heavy atom. The van der Waals surface area contributed by atoms with E-state index in [0.717, 1.165) is 25.3 Å². The molecule has 0 aliphatic heterocycles. The van der Waals surface area contributed by atoms with Gasteiger partial charge in [0.1, 0.15) is 0 Å². The standard InChI is InChI=1S/C17H24N2S/c1-4-7-13-19(14-16-11-8-9-12-18-16)15-17(10-5-2)20-6-3/h5-6,8-12H,2-4,7,13-15H2,1H3/b17-10-. The van der Waals surface area contributed by atoms with E-state index in [9.17, 15) is 0 Å². The lowest BCUT2D eigenvalue weighted by Crippen LogP contribution is -2.26. The van der Waals surface area contributed by atoms with Gasteiger partial charge in [-0.25, -0.2) is 0 Å².